The highest BCUT2D eigenvalue weighted by Gasteiger charge is 2.23. The maximum atomic E-state index is 9.41. The maximum absolute atomic E-state index is 9.41. The maximum Gasteiger partial charge on any atom is 0.101 e. The Morgan fingerprint density at radius 3 is 2.90 bits per heavy atom. The lowest BCUT2D eigenvalue weighted by atomic mass is 10.1. The van der Waals surface area contributed by atoms with E-state index < -0.39 is 0 Å². The average molecular weight is 287 g/mol. The zero-order valence-corrected chi connectivity index (χ0v) is 13.2. The van der Waals surface area contributed by atoms with E-state index in [9.17, 15) is 5.26 Å². The monoisotopic (exact) mass is 287 g/mol. The number of hydrogen-bond acceptors (Lipinski definition) is 4. The van der Waals surface area contributed by atoms with Gasteiger partial charge in [-0.05, 0) is 36.6 Å². The van der Waals surface area contributed by atoms with E-state index in [0.717, 1.165) is 43.9 Å². The molecule has 0 aliphatic carbocycles. The SMILES string of the molecule is COC1CCN(c2ccc(CNCC(C)C)cc2C#N)C1. The molecule has 1 aliphatic heterocycles. The Morgan fingerprint density at radius 2 is 2.29 bits per heavy atom. The van der Waals surface area contributed by atoms with Gasteiger partial charge in [0.05, 0.1) is 17.4 Å². The van der Waals surface area contributed by atoms with Crippen LogP contribution in [0.3, 0.4) is 0 Å². The van der Waals surface area contributed by atoms with Gasteiger partial charge in [0.15, 0.2) is 0 Å². The Kier molecular flexibility index (Phi) is 5.60. The summed E-state index contributed by atoms with van der Waals surface area (Å²) in [6, 6.07) is 8.52. The average Bonchev–Trinajstić information content (AvgIpc) is 2.95. The largest absolute Gasteiger partial charge is 0.380 e. The standard InChI is InChI=1S/C17H25N3O/c1-13(2)10-19-11-14-4-5-17(15(8-14)9-18)20-7-6-16(12-20)21-3/h4-5,8,13,16,19H,6-7,10-12H2,1-3H3. The molecule has 1 aromatic rings. The molecule has 21 heavy (non-hydrogen) atoms. The van der Waals surface area contributed by atoms with E-state index in [2.05, 4.69) is 42.3 Å². The first-order valence-corrected chi connectivity index (χ1v) is 7.65. The quantitative estimate of drug-likeness (QED) is 0.873. The van der Waals surface area contributed by atoms with Crippen molar-refractivity contribution in [2.75, 3.05) is 31.6 Å². The number of hydrogen-bond donors (Lipinski definition) is 1. The van der Waals surface area contributed by atoms with Crippen LogP contribution in [-0.2, 0) is 11.3 Å². The van der Waals surface area contributed by atoms with Gasteiger partial charge in [0.2, 0.25) is 0 Å². The van der Waals surface area contributed by atoms with Crippen molar-refractivity contribution in [3.05, 3.63) is 29.3 Å². The van der Waals surface area contributed by atoms with Crippen molar-refractivity contribution in [2.24, 2.45) is 5.92 Å². The van der Waals surface area contributed by atoms with Crippen LogP contribution in [0, 0.1) is 17.2 Å². The molecule has 1 unspecified atom stereocenters. The smallest absolute Gasteiger partial charge is 0.101 e. The fourth-order valence-electron chi connectivity index (χ4n) is 2.70. The number of benzene rings is 1. The van der Waals surface area contributed by atoms with Gasteiger partial charge in [-0.1, -0.05) is 19.9 Å². The van der Waals surface area contributed by atoms with Gasteiger partial charge in [-0.3, -0.25) is 0 Å². The van der Waals surface area contributed by atoms with Crippen LogP contribution in [0.1, 0.15) is 31.4 Å². The summed E-state index contributed by atoms with van der Waals surface area (Å²) < 4.78 is 5.40. The zero-order valence-electron chi connectivity index (χ0n) is 13.2. The van der Waals surface area contributed by atoms with E-state index >= 15 is 0 Å². The van der Waals surface area contributed by atoms with Crippen molar-refractivity contribution in [2.45, 2.75) is 32.9 Å². The number of nitriles is 1. The van der Waals surface area contributed by atoms with Crippen molar-refractivity contribution in [3.8, 4) is 6.07 Å². The summed E-state index contributed by atoms with van der Waals surface area (Å²) in [5.41, 5.74) is 2.96. The number of nitrogens with zero attached hydrogens (tertiary/aromatic N) is 2. The number of anilines is 1. The van der Waals surface area contributed by atoms with Crippen LogP contribution in [0.2, 0.25) is 0 Å². The molecule has 4 nitrogen and oxygen atoms in total. The number of methoxy groups -OCH3 is 1. The molecule has 1 aromatic carbocycles. The number of ether oxygens (including phenoxy) is 1. The molecular weight excluding hydrogens is 262 g/mol. The number of nitrogens with one attached hydrogen (secondary N) is 1. The van der Waals surface area contributed by atoms with Crippen molar-refractivity contribution in [3.63, 3.8) is 0 Å². The third kappa shape index (κ3) is 4.20. The molecule has 0 amide bonds. The van der Waals surface area contributed by atoms with Crippen molar-refractivity contribution in [1.29, 1.82) is 5.26 Å². The second-order valence-electron chi connectivity index (χ2n) is 6.08. The lowest BCUT2D eigenvalue weighted by Crippen LogP contribution is -2.23. The van der Waals surface area contributed by atoms with Gasteiger partial charge < -0.3 is 15.0 Å². The van der Waals surface area contributed by atoms with Crippen LogP contribution in [0.5, 0.6) is 0 Å². The molecule has 2 rings (SSSR count). The third-order valence-corrected chi connectivity index (χ3v) is 3.88. The van der Waals surface area contributed by atoms with Gasteiger partial charge in [-0.2, -0.15) is 5.26 Å². The van der Waals surface area contributed by atoms with Gasteiger partial charge in [0.1, 0.15) is 6.07 Å². The Hall–Kier alpha value is -1.57. The predicted octanol–water partition coefficient (Wildman–Crippen LogP) is 2.53. The van der Waals surface area contributed by atoms with E-state index in [1.54, 1.807) is 7.11 Å². The summed E-state index contributed by atoms with van der Waals surface area (Å²) in [6.07, 6.45) is 1.31. The fraction of sp³-hybridized carbons (Fsp3) is 0.588. The van der Waals surface area contributed by atoms with Crippen LogP contribution in [-0.4, -0.2) is 32.8 Å². The molecule has 0 aromatic heterocycles. The molecule has 0 radical (unpaired) electrons. The molecule has 1 fully saturated rings. The van der Waals surface area contributed by atoms with Crippen LogP contribution in [0.4, 0.5) is 5.69 Å². The van der Waals surface area contributed by atoms with Gasteiger partial charge in [-0.25, -0.2) is 0 Å². The van der Waals surface area contributed by atoms with E-state index in [0.29, 0.717) is 5.92 Å². The first kappa shape index (κ1) is 15.8. The molecule has 1 saturated heterocycles. The summed E-state index contributed by atoms with van der Waals surface area (Å²) in [5.74, 6) is 0.635. The van der Waals surface area contributed by atoms with E-state index in [-0.39, 0.29) is 6.10 Å². The van der Waals surface area contributed by atoms with Crippen LogP contribution >= 0.6 is 0 Å². The fourth-order valence-corrected chi connectivity index (χ4v) is 2.70. The van der Waals surface area contributed by atoms with Crippen molar-refractivity contribution >= 4 is 5.69 Å². The van der Waals surface area contributed by atoms with Gasteiger partial charge in [0.25, 0.3) is 0 Å². The minimum Gasteiger partial charge on any atom is -0.380 e. The minimum atomic E-state index is 0.281. The molecule has 0 bridgehead atoms. The third-order valence-electron chi connectivity index (χ3n) is 3.88. The summed E-state index contributed by atoms with van der Waals surface area (Å²) in [7, 11) is 1.75. The lowest BCUT2D eigenvalue weighted by molar-refractivity contribution is 0.121. The highest BCUT2D eigenvalue weighted by atomic mass is 16.5. The summed E-state index contributed by atoms with van der Waals surface area (Å²) in [5, 5.41) is 12.8. The summed E-state index contributed by atoms with van der Waals surface area (Å²) in [4.78, 5) is 2.25. The van der Waals surface area contributed by atoms with Crippen molar-refractivity contribution < 1.29 is 4.74 Å². The Morgan fingerprint density at radius 1 is 1.48 bits per heavy atom. The Labute approximate surface area is 127 Å². The molecule has 1 N–H and O–H groups in total. The molecule has 1 atom stereocenters. The predicted molar refractivity (Wildman–Crippen MR) is 85.3 cm³/mol. The van der Waals surface area contributed by atoms with Gasteiger partial charge >= 0.3 is 0 Å². The molecule has 114 valence electrons. The van der Waals surface area contributed by atoms with E-state index in [4.69, 9.17) is 4.74 Å². The Balaban J connectivity index is 2.05. The normalized spacial score (nSPS) is 18.2. The topological polar surface area (TPSA) is 48.3 Å². The molecule has 0 saturated carbocycles. The van der Waals surface area contributed by atoms with Crippen LogP contribution < -0.4 is 10.2 Å². The van der Waals surface area contributed by atoms with Gasteiger partial charge in [0, 0.05) is 26.7 Å². The van der Waals surface area contributed by atoms with Crippen LogP contribution in [0.15, 0.2) is 18.2 Å². The second-order valence-corrected chi connectivity index (χ2v) is 6.08. The van der Waals surface area contributed by atoms with Crippen LogP contribution in [0.25, 0.3) is 0 Å². The first-order chi connectivity index (χ1) is 10.1. The van der Waals surface area contributed by atoms with Crippen molar-refractivity contribution in [1.82, 2.24) is 5.32 Å². The minimum absolute atomic E-state index is 0.281. The highest BCUT2D eigenvalue weighted by Crippen LogP contribution is 2.26. The summed E-state index contributed by atoms with van der Waals surface area (Å²) >= 11 is 0. The molecule has 4 heteroatoms. The zero-order chi connectivity index (χ0) is 15.2. The molecule has 0 spiro atoms. The number of rotatable bonds is 6. The first-order valence-electron chi connectivity index (χ1n) is 7.65. The van der Waals surface area contributed by atoms with E-state index in [1.807, 2.05) is 6.07 Å². The summed E-state index contributed by atoms with van der Waals surface area (Å²) in [6.45, 7) is 8.01. The molecule has 1 heterocycles. The molecular formula is C17H25N3O. The lowest BCUT2D eigenvalue weighted by Gasteiger charge is -2.20. The molecule has 1 aliphatic rings. The highest BCUT2D eigenvalue weighted by molar-refractivity contribution is 5.61. The van der Waals surface area contributed by atoms with Gasteiger partial charge in [-0.15, -0.1) is 0 Å². The Bertz CT molecular complexity index is 507. The second kappa shape index (κ2) is 7.44. The van der Waals surface area contributed by atoms with E-state index in [1.165, 1.54) is 5.56 Å².